The molecular weight excluding hydrogens is 230 g/mol. The molecule has 0 amide bonds. The maximum absolute atomic E-state index is 11.6. The Hall–Kier alpha value is -1.36. The van der Waals surface area contributed by atoms with Crippen LogP contribution in [0.1, 0.15) is 30.6 Å². The third-order valence-corrected chi connectivity index (χ3v) is 2.27. The highest BCUT2D eigenvalue weighted by atomic mass is 35.5. The predicted molar refractivity (Wildman–Crippen MR) is 62.4 cm³/mol. The Labute approximate surface area is 99.1 Å². The Bertz CT molecular complexity index is 412. The second kappa shape index (κ2) is 5.65. The molecule has 5 nitrogen and oxygen atoms in total. The summed E-state index contributed by atoms with van der Waals surface area (Å²) in [5, 5.41) is 4.38. The number of rotatable bonds is 4. The first kappa shape index (κ1) is 12.7. The highest BCUT2D eigenvalue weighted by Gasteiger charge is 2.16. The van der Waals surface area contributed by atoms with Gasteiger partial charge in [0.2, 0.25) is 0 Å². The molecular formula is C10H14ClN3O2. The fourth-order valence-corrected chi connectivity index (χ4v) is 1.19. The van der Waals surface area contributed by atoms with Crippen molar-refractivity contribution < 1.29 is 9.53 Å². The van der Waals surface area contributed by atoms with E-state index in [1.165, 1.54) is 10.9 Å². The van der Waals surface area contributed by atoms with Crippen molar-refractivity contribution in [3.63, 3.8) is 0 Å². The molecule has 0 atom stereocenters. The van der Waals surface area contributed by atoms with Crippen LogP contribution in [0.2, 0.25) is 0 Å². The van der Waals surface area contributed by atoms with E-state index in [4.69, 9.17) is 16.3 Å². The Balaban J connectivity index is 3.08. The minimum Gasteiger partial charge on any atom is -0.462 e. The smallest absolute Gasteiger partial charge is 0.343 e. The molecule has 0 bridgehead atoms. The second-order valence-electron chi connectivity index (χ2n) is 3.07. The first-order valence-corrected chi connectivity index (χ1v) is 5.40. The summed E-state index contributed by atoms with van der Waals surface area (Å²) in [6.45, 7) is 3.95. The van der Waals surface area contributed by atoms with Crippen LogP contribution in [0.5, 0.6) is 0 Å². The van der Waals surface area contributed by atoms with E-state index in [0.29, 0.717) is 29.6 Å². The van der Waals surface area contributed by atoms with Gasteiger partial charge in [0, 0.05) is 7.05 Å². The van der Waals surface area contributed by atoms with E-state index in [0.717, 1.165) is 0 Å². The number of hydrogen-bond acceptors (Lipinski definition) is 4. The van der Waals surface area contributed by atoms with Gasteiger partial charge in [0.25, 0.3) is 0 Å². The van der Waals surface area contributed by atoms with Crippen LogP contribution in [0.25, 0.3) is 0 Å². The molecule has 0 aliphatic carbocycles. The topological polar surface area (TPSA) is 56.5 Å². The molecule has 0 aliphatic heterocycles. The fraction of sp³-hybridized carbons (Fsp3) is 0.500. The third kappa shape index (κ3) is 2.82. The standard InChI is InChI=1S/C10H14ClN3O2/c1-4-8(11)13-9-7(6-12-14(9)3)10(15)16-5-2/h6H,4-5H2,1-3H3/b13-8+. The van der Waals surface area contributed by atoms with Gasteiger partial charge in [0.15, 0.2) is 5.82 Å². The van der Waals surface area contributed by atoms with Gasteiger partial charge in [-0.25, -0.2) is 9.79 Å². The van der Waals surface area contributed by atoms with Gasteiger partial charge in [-0.2, -0.15) is 5.10 Å². The van der Waals surface area contributed by atoms with E-state index in [-0.39, 0.29) is 0 Å². The number of aliphatic imine (C=N–C) groups is 1. The summed E-state index contributed by atoms with van der Waals surface area (Å²) in [7, 11) is 1.70. The zero-order chi connectivity index (χ0) is 12.1. The highest BCUT2D eigenvalue weighted by molar-refractivity contribution is 6.65. The molecule has 0 aliphatic rings. The lowest BCUT2D eigenvalue weighted by Crippen LogP contribution is -2.04. The average molecular weight is 244 g/mol. The van der Waals surface area contributed by atoms with Gasteiger partial charge in [-0.3, -0.25) is 4.68 Å². The number of aromatic nitrogens is 2. The van der Waals surface area contributed by atoms with Crippen molar-refractivity contribution >= 4 is 28.6 Å². The van der Waals surface area contributed by atoms with Gasteiger partial charge in [0.05, 0.1) is 12.8 Å². The van der Waals surface area contributed by atoms with Crippen molar-refractivity contribution in [3.05, 3.63) is 11.8 Å². The van der Waals surface area contributed by atoms with E-state index < -0.39 is 5.97 Å². The minimum absolute atomic E-state index is 0.318. The number of halogens is 1. The number of nitrogens with zero attached hydrogens (tertiary/aromatic N) is 3. The monoisotopic (exact) mass is 243 g/mol. The van der Waals surface area contributed by atoms with Crippen molar-refractivity contribution in [2.24, 2.45) is 12.0 Å². The lowest BCUT2D eigenvalue weighted by Gasteiger charge is -2.01. The molecule has 0 spiro atoms. The number of hydrogen-bond donors (Lipinski definition) is 0. The summed E-state index contributed by atoms with van der Waals surface area (Å²) in [6, 6.07) is 0. The normalized spacial score (nSPS) is 11.6. The second-order valence-corrected chi connectivity index (χ2v) is 3.50. The number of carbonyl (C=O) groups is 1. The molecule has 0 radical (unpaired) electrons. The van der Waals surface area contributed by atoms with Crippen LogP contribution in [0.15, 0.2) is 11.2 Å². The summed E-state index contributed by atoms with van der Waals surface area (Å²) < 4.78 is 6.38. The van der Waals surface area contributed by atoms with Gasteiger partial charge in [-0.05, 0) is 13.3 Å². The minimum atomic E-state index is -0.435. The summed E-state index contributed by atoms with van der Waals surface area (Å²) in [5.41, 5.74) is 0.330. The molecule has 1 rings (SSSR count). The molecule has 1 aromatic rings. The van der Waals surface area contributed by atoms with Crippen LogP contribution >= 0.6 is 11.6 Å². The number of aryl methyl sites for hydroxylation is 1. The fourth-order valence-electron chi connectivity index (χ4n) is 1.11. The molecule has 16 heavy (non-hydrogen) atoms. The number of esters is 1. The molecule has 0 saturated carbocycles. The van der Waals surface area contributed by atoms with Gasteiger partial charge >= 0.3 is 5.97 Å². The third-order valence-electron chi connectivity index (χ3n) is 1.92. The van der Waals surface area contributed by atoms with E-state index >= 15 is 0 Å². The first-order valence-electron chi connectivity index (χ1n) is 5.02. The molecule has 6 heteroatoms. The SMILES string of the molecule is CCOC(=O)c1cnn(C)c1/N=C(/Cl)CC. The molecule has 0 aromatic carbocycles. The zero-order valence-electron chi connectivity index (χ0n) is 9.53. The summed E-state index contributed by atoms with van der Waals surface area (Å²) in [4.78, 5) is 15.7. The number of carbonyl (C=O) groups excluding carboxylic acids is 1. The van der Waals surface area contributed by atoms with Gasteiger partial charge in [-0.1, -0.05) is 18.5 Å². The van der Waals surface area contributed by atoms with Crippen molar-refractivity contribution in [3.8, 4) is 0 Å². The van der Waals surface area contributed by atoms with Crippen molar-refractivity contribution in [1.82, 2.24) is 9.78 Å². The van der Waals surface area contributed by atoms with Crippen LogP contribution < -0.4 is 0 Å². The molecule has 88 valence electrons. The quantitative estimate of drug-likeness (QED) is 0.602. The Morgan fingerprint density at radius 1 is 1.62 bits per heavy atom. The molecule has 0 saturated heterocycles. The Morgan fingerprint density at radius 2 is 2.31 bits per heavy atom. The van der Waals surface area contributed by atoms with E-state index in [1.807, 2.05) is 6.92 Å². The van der Waals surface area contributed by atoms with E-state index in [2.05, 4.69) is 10.1 Å². The van der Waals surface area contributed by atoms with Gasteiger partial charge in [0.1, 0.15) is 10.7 Å². The van der Waals surface area contributed by atoms with E-state index in [9.17, 15) is 4.79 Å². The van der Waals surface area contributed by atoms with Crippen molar-refractivity contribution in [2.45, 2.75) is 20.3 Å². The summed E-state index contributed by atoms with van der Waals surface area (Å²) in [6.07, 6.45) is 2.03. The summed E-state index contributed by atoms with van der Waals surface area (Å²) >= 11 is 5.84. The van der Waals surface area contributed by atoms with Crippen LogP contribution in [0.3, 0.4) is 0 Å². The molecule has 0 N–H and O–H groups in total. The lowest BCUT2D eigenvalue weighted by molar-refractivity contribution is 0.0527. The Kier molecular flexibility index (Phi) is 4.49. The maximum Gasteiger partial charge on any atom is 0.343 e. The highest BCUT2D eigenvalue weighted by Crippen LogP contribution is 2.20. The first-order chi connectivity index (χ1) is 7.60. The maximum atomic E-state index is 11.6. The number of ether oxygens (including phenoxy) is 1. The molecule has 1 heterocycles. The Morgan fingerprint density at radius 3 is 2.88 bits per heavy atom. The van der Waals surface area contributed by atoms with Crippen LogP contribution in [0, 0.1) is 0 Å². The van der Waals surface area contributed by atoms with Gasteiger partial charge < -0.3 is 4.74 Å². The average Bonchev–Trinajstić information content (AvgIpc) is 2.61. The molecule has 1 aromatic heterocycles. The predicted octanol–water partition coefficient (Wildman–Crippen LogP) is 2.28. The van der Waals surface area contributed by atoms with Crippen LogP contribution in [-0.4, -0.2) is 27.5 Å². The lowest BCUT2D eigenvalue weighted by atomic mass is 10.3. The van der Waals surface area contributed by atoms with Crippen LogP contribution in [-0.2, 0) is 11.8 Å². The summed E-state index contributed by atoms with van der Waals surface area (Å²) in [5.74, 6) is -0.0137. The molecule has 0 unspecified atom stereocenters. The van der Waals surface area contributed by atoms with E-state index in [1.54, 1.807) is 14.0 Å². The van der Waals surface area contributed by atoms with Gasteiger partial charge in [-0.15, -0.1) is 0 Å². The van der Waals surface area contributed by atoms with Crippen molar-refractivity contribution in [1.29, 1.82) is 0 Å². The van der Waals surface area contributed by atoms with Crippen molar-refractivity contribution in [2.75, 3.05) is 6.61 Å². The molecule has 0 fully saturated rings. The largest absolute Gasteiger partial charge is 0.462 e. The zero-order valence-corrected chi connectivity index (χ0v) is 10.3. The van der Waals surface area contributed by atoms with Crippen LogP contribution in [0.4, 0.5) is 5.82 Å².